The monoisotopic (exact) mass is 562 g/mol. The summed E-state index contributed by atoms with van der Waals surface area (Å²) in [5.41, 5.74) is 0.306. The zero-order chi connectivity index (χ0) is 30.2. The van der Waals surface area contributed by atoms with Crippen molar-refractivity contribution in [3.05, 3.63) is 128 Å². The van der Waals surface area contributed by atoms with E-state index in [2.05, 4.69) is 4.90 Å². The first-order valence-corrected chi connectivity index (χ1v) is 12.9. The summed E-state index contributed by atoms with van der Waals surface area (Å²) in [5.74, 6) is -3.13. The largest absolute Gasteiger partial charge is 0.480 e. The molecule has 0 saturated carbocycles. The highest BCUT2D eigenvalue weighted by molar-refractivity contribution is 6.13. The summed E-state index contributed by atoms with van der Waals surface area (Å²) in [4.78, 5) is 51.6. The van der Waals surface area contributed by atoms with Gasteiger partial charge in [-0.25, -0.2) is 4.79 Å². The number of nitriles is 1. The predicted octanol–water partition coefficient (Wildman–Crippen LogP) is 2.84. The number of carboxylic acids is 2. The van der Waals surface area contributed by atoms with Crippen LogP contribution in [0.25, 0.3) is 17.7 Å². The maximum Gasteiger partial charge on any atom is 0.350 e. The van der Waals surface area contributed by atoms with Crippen LogP contribution in [0.4, 0.5) is 17.1 Å². The highest BCUT2D eigenvalue weighted by Crippen LogP contribution is 2.34. The molecule has 0 radical (unpaired) electrons. The normalized spacial score (nSPS) is 12.1. The van der Waals surface area contributed by atoms with Gasteiger partial charge in [-0.2, -0.15) is 5.26 Å². The van der Waals surface area contributed by atoms with Gasteiger partial charge in [0.15, 0.2) is 5.57 Å². The van der Waals surface area contributed by atoms with Gasteiger partial charge in [0.25, 0.3) is 11.1 Å². The minimum atomic E-state index is -1.68. The number of carboxylic acid groups (broad SMARTS) is 2. The molecule has 3 aromatic carbocycles. The topological polar surface area (TPSA) is 146 Å². The minimum absolute atomic E-state index is 0.0993. The molecule has 10 nitrogen and oxygen atoms in total. The number of rotatable bonds is 9. The molecule has 1 heterocycles. The van der Waals surface area contributed by atoms with Crippen LogP contribution >= 0.6 is 0 Å². The molecule has 4 aromatic rings. The van der Waals surface area contributed by atoms with E-state index < -0.39 is 40.7 Å². The number of nitrogens with zero attached hydrogens (tertiary/aromatic N) is 4. The first kappa shape index (κ1) is 29.0. The Kier molecular flexibility index (Phi) is 8.94. The van der Waals surface area contributed by atoms with Crippen LogP contribution in [0.5, 0.6) is 0 Å². The van der Waals surface area contributed by atoms with Crippen molar-refractivity contribution < 1.29 is 19.8 Å². The first-order valence-electron chi connectivity index (χ1n) is 12.9. The summed E-state index contributed by atoms with van der Waals surface area (Å²) < 4.78 is 1.53. The van der Waals surface area contributed by atoms with Crippen LogP contribution in [0.2, 0.25) is 0 Å². The second-order valence-corrected chi connectivity index (χ2v) is 8.99. The lowest BCUT2D eigenvalue weighted by molar-refractivity contribution is -0.138. The average Bonchev–Trinajstić information content (AvgIpc) is 2.99. The van der Waals surface area contributed by atoms with Gasteiger partial charge in [-0.15, -0.1) is 0 Å². The molecule has 0 spiro atoms. The Hall–Kier alpha value is -5.95. The standard InChI is InChI=1S/C32H26N4O6/c1-2-34-29(27(20-33)32(41)42)35(21-28(37)38)31(40)26(30(34)39)15-9-10-22-16-18-25(19-17-22)36(23-11-5-3-6-12-23)24-13-7-4-8-14-24/h3-19H,2,21H2,1H3,(H,37,38)(H,41,42). The minimum Gasteiger partial charge on any atom is -0.480 e. The number of hydrogen-bond acceptors (Lipinski definition) is 6. The van der Waals surface area contributed by atoms with Gasteiger partial charge in [0.05, 0.1) is 0 Å². The Balaban J connectivity index is 1.78. The summed E-state index contributed by atoms with van der Waals surface area (Å²) in [6.45, 7) is 0.489. The quantitative estimate of drug-likeness (QED) is 0.317. The lowest BCUT2D eigenvalue weighted by Gasteiger charge is -2.25. The first-order chi connectivity index (χ1) is 20.3. The van der Waals surface area contributed by atoms with E-state index in [0.717, 1.165) is 27.2 Å². The molecule has 0 aliphatic carbocycles. The van der Waals surface area contributed by atoms with Gasteiger partial charge in [0.1, 0.15) is 23.3 Å². The SMILES string of the molecule is CCn1c(=O)c(=CC=Cc2ccc(N(c3ccccc3)c3ccccc3)cc2)c(=O)n(CC(=O)O)c1=C(C#N)C(=O)O. The Bertz CT molecular complexity index is 1900. The molecular formula is C32H26N4O6. The Labute approximate surface area is 239 Å². The second kappa shape index (κ2) is 12.9. The van der Waals surface area contributed by atoms with Gasteiger partial charge in [-0.1, -0.05) is 60.7 Å². The molecule has 0 saturated heterocycles. The molecule has 10 heteroatoms. The van der Waals surface area contributed by atoms with Crippen LogP contribution in [-0.4, -0.2) is 31.3 Å². The number of anilines is 3. The second-order valence-electron chi connectivity index (χ2n) is 8.99. The van der Waals surface area contributed by atoms with Gasteiger partial charge in [-0.3, -0.25) is 23.5 Å². The number of benzene rings is 3. The summed E-state index contributed by atoms with van der Waals surface area (Å²) >= 11 is 0. The highest BCUT2D eigenvalue weighted by atomic mass is 16.4. The van der Waals surface area contributed by atoms with Gasteiger partial charge in [-0.05, 0) is 55.0 Å². The van der Waals surface area contributed by atoms with Crippen molar-refractivity contribution >= 4 is 46.7 Å². The number of para-hydroxylation sites is 2. The van der Waals surface area contributed by atoms with Crippen molar-refractivity contribution in [2.24, 2.45) is 0 Å². The molecule has 0 atom stereocenters. The Morgan fingerprint density at radius 1 is 0.833 bits per heavy atom. The molecule has 210 valence electrons. The fraction of sp³-hybridized carbons (Fsp3) is 0.0938. The number of aliphatic carboxylic acids is 2. The van der Waals surface area contributed by atoms with E-state index in [0.29, 0.717) is 4.57 Å². The summed E-state index contributed by atoms with van der Waals surface area (Å²) in [5, 5.41) is 27.8. The fourth-order valence-electron chi connectivity index (χ4n) is 4.49. The fourth-order valence-corrected chi connectivity index (χ4v) is 4.49. The molecule has 1 aromatic heterocycles. The number of allylic oxidation sites excluding steroid dienone is 1. The lowest BCUT2D eigenvalue weighted by Crippen LogP contribution is -2.59. The van der Waals surface area contributed by atoms with Gasteiger partial charge < -0.3 is 15.1 Å². The van der Waals surface area contributed by atoms with Crippen molar-refractivity contribution in [1.29, 1.82) is 5.26 Å². The molecule has 0 unspecified atom stereocenters. The lowest BCUT2D eigenvalue weighted by atomic mass is 10.1. The maximum atomic E-state index is 13.2. The summed E-state index contributed by atoms with van der Waals surface area (Å²) in [7, 11) is 0. The predicted molar refractivity (Wildman–Crippen MR) is 159 cm³/mol. The van der Waals surface area contributed by atoms with Crippen LogP contribution in [0, 0.1) is 11.3 Å². The van der Waals surface area contributed by atoms with Crippen LogP contribution in [0.15, 0.2) is 101 Å². The third-order valence-electron chi connectivity index (χ3n) is 6.35. The average molecular weight is 563 g/mol. The van der Waals surface area contributed by atoms with Gasteiger partial charge in [0, 0.05) is 23.6 Å². The van der Waals surface area contributed by atoms with Crippen LogP contribution in [-0.2, 0) is 22.7 Å². The van der Waals surface area contributed by atoms with Crippen LogP contribution < -0.4 is 26.7 Å². The number of aromatic nitrogens is 2. The third-order valence-corrected chi connectivity index (χ3v) is 6.35. The smallest absolute Gasteiger partial charge is 0.350 e. The molecule has 0 fully saturated rings. The van der Waals surface area contributed by atoms with Gasteiger partial charge in [0.2, 0.25) is 0 Å². The van der Waals surface area contributed by atoms with E-state index >= 15 is 0 Å². The van der Waals surface area contributed by atoms with E-state index in [-0.39, 0.29) is 11.8 Å². The van der Waals surface area contributed by atoms with Crippen LogP contribution in [0.1, 0.15) is 12.5 Å². The Morgan fingerprint density at radius 2 is 1.36 bits per heavy atom. The Morgan fingerprint density at radius 3 is 1.83 bits per heavy atom. The zero-order valence-electron chi connectivity index (χ0n) is 22.5. The third kappa shape index (κ3) is 6.11. The molecule has 4 rings (SSSR count). The number of hydrogen-bond donors (Lipinski definition) is 2. The van der Waals surface area contributed by atoms with E-state index in [9.17, 15) is 34.7 Å². The van der Waals surface area contributed by atoms with E-state index in [4.69, 9.17) is 0 Å². The molecule has 0 bridgehead atoms. The van der Waals surface area contributed by atoms with E-state index in [1.807, 2.05) is 84.9 Å². The van der Waals surface area contributed by atoms with Crippen molar-refractivity contribution in [3.8, 4) is 6.07 Å². The van der Waals surface area contributed by atoms with E-state index in [1.54, 1.807) is 6.08 Å². The van der Waals surface area contributed by atoms with E-state index in [1.165, 1.54) is 25.1 Å². The van der Waals surface area contributed by atoms with Crippen molar-refractivity contribution in [3.63, 3.8) is 0 Å². The molecule has 0 aliphatic rings. The maximum absolute atomic E-state index is 13.2. The zero-order valence-corrected chi connectivity index (χ0v) is 22.5. The van der Waals surface area contributed by atoms with Crippen molar-refractivity contribution in [1.82, 2.24) is 9.13 Å². The highest BCUT2D eigenvalue weighted by Gasteiger charge is 2.19. The number of carbonyl (C=O) groups is 2. The van der Waals surface area contributed by atoms with Crippen molar-refractivity contribution in [2.75, 3.05) is 4.90 Å². The molecule has 0 aliphatic heterocycles. The van der Waals surface area contributed by atoms with Crippen LogP contribution in [0.3, 0.4) is 0 Å². The molecule has 0 amide bonds. The summed E-state index contributed by atoms with van der Waals surface area (Å²) in [6.07, 6.45) is 4.41. The summed E-state index contributed by atoms with van der Waals surface area (Å²) in [6, 6.07) is 28.8. The molecule has 2 N–H and O–H groups in total. The molecular weight excluding hydrogens is 536 g/mol. The van der Waals surface area contributed by atoms with Crippen molar-refractivity contribution in [2.45, 2.75) is 20.0 Å². The molecule has 42 heavy (non-hydrogen) atoms. The van der Waals surface area contributed by atoms with Gasteiger partial charge >= 0.3 is 11.9 Å².